The molecule has 6 rings (SSSR count). The first-order valence-corrected chi connectivity index (χ1v) is 13.9. The van der Waals surface area contributed by atoms with Gasteiger partial charge in [-0.2, -0.15) is 0 Å². The van der Waals surface area contributed by atoms with E-state index >= 15 is 0 Å². The standard InChI is InChI=1S/C32H32N4O7/c1-35(2)20-14-19-28(43-21(34-19)11-10-15-8-6-5-7-9-15)23-17(20)12-16-13-18-25(36(3)4)27(38)24(31(33)41)30(40)32(18,42)29(39)22(16)26(23)37/h5-11,14,16,18,25,37,40,42H,12-13H2,1-4H3,(H2,33,41)/t16-,18-,25-,32-/m0/s1. The summed E-state index contributed by atoms with van der Waals surface area (Å²) >= 11 is 0. The van der Waals surface area contributed by atoms with Crippen molar-refractivity contribution >= 4 is 52.2 Å². The molecular weight excluding hydrogens is 552 g/mol. The summed E-state index contributed by atoms with van der Waals surface area (Å²) in [6.45, 7) is 0. The van der Waals surface area contributed by atoms with Crippen molar-refractivity contribution in [3.63, 3.8) is 0 Å². The van der Waals surface area contributed by atoms with Crippen molar-refractivity contribution in [2.45, 2.75) is 24.5 Å². The fraction of sp³-hybridized carbons (Fsp3) is 0.312. The predicted molar refractivity (Wildman–Crippen MR) is 160 cm³/mol. The van der Waals surface area contributed by atoms with Crippen LogP contribution in [0.15, 0.2) is 57.7 Å². The SMILES string of the molecule is CN(C)c1cc2nc(C=Cc3ccccc3)oc2c2c1C[C@H]1C[C@H]3[C@H](N(C)C)C(=O)C(C(N)=O)=C(O)[C@@]3(O)C(=O)C1=C2O. The highest BCUT2D eigenvalue weighted by atomic mass is 16.4. The van der Waals surface area contributed by atoms with E-state index in [0.29, 0.717) is 5.52 Å². The van der Waals surface area contributed by atoms with Crippen LogP contribution in [0.2, 0.25) is 0 Å². The maximum atomic E-state index is 14.2. The minimum atomic E-state index is -2.65. The molecule has 5 N–H and O–H groups in total. The summed E-state index contributed by atoms with van der Waals surface area (Å²) in [6, 6.07) is 10.3. The lowest BCUT2D eigenvalue weighted by Crippen LogP contribution is -2.65. The summed E-state index contributed by atoms with van der Waals surface area (Å²) in [7, 11) is 6.88. The number of nitrogens with two attached hydrogens (primary N) is 1. The van der Waals surface area contributed by atoms with Gasteiger partial charge in [0.1, 0.15) is 22.6 Å². The lowest BCUT2D eigenvalue weighted by molar-refractivity contribution is -0.153. The van der Waals surface area contributed by atoms with Gasteiger partial charge in [-0.25, -0.2) is 4.98 Å². The second-order valence-corrected chi connectivity index (χ2v) is 11.7. The van der Waals surface area contributed by atoms with E-state index in [1.54, 1.807) is 20.2 Å². The number of aliphatic hydroxyl groups excluding tert-OH is 2. The summed E-state index contributed by atoms with van der Waals surface area (Å²) in [6.07, 6.45) is 3.91. The highest BCUT2D eigenvalue weighted by Crippen LogP contribution is 2.53. The van der Waals surface area contributed by atoms with Crippen LogP contribution in [0.25, 0.3) is 29.0 Å². The zero-order valence-corrected chi connectivity index (χ0v) is 24.2. The van der Waals surface area contributed by atoms with Gasteiger partial charge in [0.15, 0.2) is 17.0 Å². The molecule has 11 heteroatoms. The van der Waals surface area contributed by atoms with Crippen LogP contribution in [0.4, 0.5) is 5.69 Å². The number of oxazole rings is 1. The molecule has 0 saturated heterocycles. The molecule has 2 aromatic carbocycles. The normalized spacial score (nSPS) is 25.4. The van der Waals surface area contributed by atoms with Gasteiger partial charge in [0.25, 0.3) is 5.91 Å². The van der Waals surface area contributed by atoms with E-state index in [0.717, 1.165) is 16.8 Å². The van der Waals surface area contributed by atoms with Crippen LogP contribution >= 0.6 is 0 Å². The molecule has 3 aliphatic rings. The largest absolute Gasteiger partial charge is 0.508 e. The number of aliphatic hydroxyl groups is 3. The molecule has 43 heavy (non-hydrogen) atoms. The molecule has 0 spiro atoms. The molecule has 1 heterocycles. The quantitative estimate of drug-likeness (QED) is 0.327. The van der Waals surface area contributed by atoms with Crippen LogP contribution in [0.3, 0.4) is 0 Å². The number of anilines is 1. The fourth-order valence-electron chi connectivity index (χ4n) is 6.90. The molecule has 4 atom stereocenters. The number of carbonyl (C=O) groups excluding carboxylic acids is 3. The van der Waals surface area contributed by atoms with Gasteiger partial charge in [-0.05, 0) is 56.1 Å². The molecule has 1 saturated carbocycles. The number of carbonyl (C=O) groups is 3. The van der Waals surface area contributed by atoms with Gasteiger partial charge in [0.05, 0.1) is 11.6 Å². The number of aromatic nitrogens is 1. The van der Waals surface area contributed by atoms with E-state index in [1.165, 1.54) is 4.90 Å². The molecule has 0 unspecified atom stereocenters. The predicted octanol–water partition coefficient (Wildman–Crippen LogP) is 2.64. The van der Waals surface area contributed by atoms with Crippen molar-refractivity contribution in [3.8, 4) is 0 Å². The number of benzene rings is 2. The third kappa shape index (κ3) is 4.10. The highest BCUT2D eigenvalue weighted by Gasteiger charge is 2.64. The van der Waals surface area contributed by atoms with Crippen molar-refractivity contribution in [2.24, 2.45) is 17.6 Å². The second kappa shape index (κ2) is 9.92. The van der Waals surface area contributed by atoms with E-state index in [-0.39, 0.29) is 35.5 Å². The number of likely N-dealkylation sites (N-methyl/N-ethyl adjacent to an activating group) is 1. The molecule has 0 bridgehead atoms. The smallest absolute Gasteiger partial charge is 0.255 e. The van der Waals surface area contributed by atoms with Crippen LogP contribution in [0.5, 0.6) is 0 Å². The average Bonchev–Trinajstić information content (AvgIpc) is 3.36. The third-order valence-corrected chi connectivity index (χ3v) is 8.79. The Labute approximate surface area is 247 Å². The molecule has 1 amide bonds. The van der Waals surface area contributed by atoms with Crippen molar-refractivity contribution in [1.29, 1.82) is 0 Å². The Morgan fingerprint density at radius 1 is 1.12 bits per heavy atom. The second-order valence-electron chi connectivity index (χ2n) is 11.7. The van der Waals surface area contributed by atoms with Gasteiger partial charge >= 0.3 is 0 Å². The Morgan fingerprint density at radius 3 is 2.44 bits per heavy atom. The Balaban J connectivity index is 1.55. The zero-order valence-electron chi connectivity index (χ0n) is 24.2. The molecule has 0 radical (unpaired) electrons. The molecule has 1 aromatic heterocycles. The minimum Gasteiger partial charge on any atom is -0.508 e. The number of nitrogens with zero attached hydrogens (tertiary/aromatic N) is 3. The van der Waals surface area contributed by atoms with Gasteiger partial charge in [0, 0.05) is 37.3 Å². The number of hydrogen-bond donors (Lipinski definition) is 4. The highest BCUT2D eigenvalue weighted by molar-refractivity contribution is 6.24. The van der Waals surface area contributed by atoms with E-state index in [9.17, 15) is 29.7 Å². The van der Waals surface area contributed by atoms with Crippen LogP contribution < -0.4 is 10.6 Å². The Kier molecular flexibility index (Phi) is 6.55. The maximum Gasteiger partial charge on any atom is 0.255 e. The van der Waals surface area contributed by atoms with Crippen molar-refractivity contribution in [1.82, 2.24) is 9.88 Å². The number of rotatable bonds is 5. The zero-order chi connectivity index (χ0) is 31.0. The first-order valence-electron chi connectivity index (χ1n) is 13.9. The molecule has 3 aromatic rings. The lowest BCUT2D eigenvalue weighted by Gasteiger charge is -2.50. The summed E-state index contributed by atoms with van der Waals surface area (Å²) in [5.74, 6) is -5.89. The molecule has 11 nitrogen and oxygen atoms in total. The van der Waals surface area contributed by atoms with E-state index in [2.05, 4.69) is 4.98 Å². The van der Waals surface area contributed by atoms with Gasteiger partial charge in [-0.1, -0.05) is 30.3 Å². The number of primary amides is 1. The monoisotopic (exact) mass is 584 g/mol. The van der Waals surface area contributed by atoms with E-state index in [4.69, 9.17) is 10.2 Å². The lowest BCUT2D eigenvalue weighted by atomic mass is 9.57. The van der Waals surface area contributed by atoms with Gasteiger partial charge in [-0.15, -0.1) is 0 Å². The third-order valence-electron chi connectivity index (χ3n) is 8.79. The first kappa shape index (κ1) is 28.4. The van der Waals surface area contributed by atoms with Crippen molar-refractivity contribution in [2.75, 3.05) is 33.1 Å². The number of Topliss-reactive ketones (excluding diaryl/α,β-unsaturated/α-hetero) is 2. The van der Waals surface area contributed by atoms with Crippen LogP contribution in [0.1, 0.15) is 29.0 Å². The maximum absolute atomic E-state index is 14.2. The van der Waals surface area contributed by atoms with Gasteiger partial charge < -0.3 is 30.4 Å². The molecule has 0 aliphatic heterocycles. The van der Waals surface area contributed by atoms with Crippen LogP contribution in [-0.4, -0.2) is 82.5 Å². The molecular formula is C32H32N4O7. The number of amides is 1. The first-order chi connectivity index (χ1) is 20.4. The Bertz CT molecular complexity index is 1800. The summed E-state index contributed by atoms with van der Waals surface area (Å²) in [5.41, 5.74) is 5.26. The topological polar surface area (TPSA) is 170 Å². The molecule has 222 valence electrons. The summed E-state index contributed by atoms with van der Waals surface area (Å²) in [4.78, 5) is 47.7. The van der Waals surface area contributed by atoms with Crippen LogP contribution in [0, 0.1) is 11.8 Å². The number of ketones is 2. The van der Waals surface area contributed by atoms with Crippen LogP contribution in [-0.2, 0) is 20.8 Å². The van der Waals surface area contributed by atoms with Crippen molar-refractivity contribution < 1.29 is 34.1 Å². The minimum absolute atomic E-state index is 0.0676. The van der Waals surface area contributed by atoms with Gasteiger partial charge in [-0.3, -0.25) is 19.3 Å². The molecule has 3 aliphatic carbocycles. The molecule has 1 fully saturated rings. The fourth-order valence-corrected chi connectivity index (χ4v) is 6.90. The Morgan fingerprint density at radius 2 is 1.81 bits per heavy atom. The number of hydrogen-bond acceptors (Lipinski definition) is 10. The van der Waals surface area contributed by atoms with Crippen molar-refractivity contribution in [3.05, 3.63) is 75.9 Å². The van der Waals surface area contributed by atoms with Gasteiger partial charge in [0.2, 0.25) is 11.7 Å². The average molecular weight is 585 g/mol. The summed E-state index contributed by atoms with van der Waals surface area (Å²) < 4.78 is 6.12. The Hall–Kier alpha value is -4.74. The van der Waals surface area contributed by atoms with E-state index in [1.807, 2.05) is 61.5 Å². The van der Waals surface area contributed by atoms with E-state index < -0.39 is 58.0 Å². The number of fused-ring (bicyclic) bond motifs is 5. The summed E-state index contributed by atoms with van der Waals surface area (Å²) in [5, 5.41) is 34.8.